The molecule has 0 aliphatic heterocycles. The van der Waals surface area contributed by atoms with Gasteiger partial charge in [-0.05, 0) is 48.2 Å². The fraction of sp³-hybridized carbons (Fsp3) is 0.310. The van der Waals surface area contributed by atoms with Gasteiger partial charge in [0.05, 0.1) is 5.75 Å². The molecule has 190 valence electrons. The molecule has 0 bridgehead atoms. The average molecular weight is 527 g/mol. The van der Waals surface area contributed by atoms with Crippen molar-refractivity contribution in [3.63, 3.8) is 0 Å². The first-order valence-electron chi connectivity index (χ1n) is 12.1. The molecule has 0 saturated carbocycles. The van der Waals surface area contributed by atoms with E-state index in [0.29, 0.717) is 17.2 Å². The Labute approximate surface area is 222 Å². The molecule has 36 heavy (non-hydrogen) atoms. The van der Waals surface area contributed by atoms with E-state index in [4.69, 9.17) is 11.6 Å². The van der Waals surface area contributed by atoms with Gasteiger partial charge in [0.15, 0.2) is 0 Å². The highest BCUT2D eigenvalue weighted by Crippen LogP contribution is 2.22. The zero-order chi connectivity index (χ0) is 25.9. The fourth-order valence-electron chi connectivity index (χ4n) is 3.72. The maximum absolute atomic E-state index is 13.6. The minimum absolute atomic E-state index is 0.0131. The van der Waals surface area contributed by atoms with Crippen LogP contribution in [0.5, 0.6) is 0 Å². The highest BCUT2D eigenvalue weighted by Gasteiger charge is 2.31. The summed E-state index contributed by atoms with van der Waals surface area (Å²) in [6.07, 6.45) is 1.18. The summed E-state index contributed by atoms with van der Waals surface area (Å²) in [5, 5.41) is 3.62. The number of nitrogens with one attached hydrogen (secondary N) is 1. The van der Waals surface area contributed by atoms with Crippen LogP contribution in [0.2, 0.25) is 5.02 Å². The van der Waals surface area contributed by atoms with Crippen molar-refractivity contribution < 1.29 is 14.0 Å². The van der Waals surface area contributed by atoms with Gasteiger partial charge in [-0.15, -0.1) is 11.8 Å². The van der Waals surface area contributed by atoms with E-state index in [-0.39, 0.29) is 36.0 Å². The molecule has 3 aromatic rings. The van der Waals surface area contributed by atoms with Crippen LogP contribution in [0.1, 0.15) is 37.0 Å². The Hall–Kier alpha value is -2.83. The van der Waals surface area contributed by atoms with E-state index in [2.05, 4.69) is 5.32 Å². The first-order valence-corrected chi connectivity index (χ1v) is 13.6. The normalized spacial score (nSPS) is 12.6. The molecule has 0 spiro atoms. The average Bonchev–Trinajstić information content (AvgIpc) is 2.88. The third kappa shape index (κ3) is 8.38. The summed E-state index contributed by atoms with van der Waals surface area (Å²) in [6, 6.07) is 22.6. The van der Waals surface area contributed by atoms with Gasteiger partial charge in [-0.2, -0.15) is 0 Å². The Kier molecular flexibility index (Phi) is 10.8. The molecule has 0 radical (unpaired) electrons. The molecule has 4 nitrogen and oxygen atoms in total. The van der Waals surface area contributed by atoms with Gasteiger partial charge in [-0.3, -0.25) is 9.59 Å². The van der Waals surface area contributed by atoms with Gasteiger partial charge in [0.1, 0.15) is 11.9 Å². The van der Waals surface area contributed by atoms with Crippen LogP contribution in [0.3, 0.4) is 0 Å². The molecule has 0 aliphatic rings. The Balaban J connectivity index is 1.86. The number of benzene rings is 3. The van der Waals surface area contributed by atoms with Gasteiger partial charge in [0.25, 0.3) is 0 Å². The molecular weight excluding hydrogens is 495 g/mol. The molecule has 0 aliphatic carbocycles. The van der Waals surface area contributed by atoms with Crippen LogP contribution in [-0.4, -0.2) is 34.6 Å². The molecule has 2 amide bonds. The van der Waals surface area contributed by atoms with Crippen molar-refractivity contribution in [1.29, 1.82) is 0 Å². The first-order chi connectivity index (χ1) is 17.4. The van der Waals surface area contributed by atoms with E-state index in [1.54, 1.807) is 23.1 Å². The van der Waals surface area contributed by atoms with E-state index in [9.17, 15) is 14.0 Å². The number of hydrogen-bond acceptors (Lipinski definition) is 3. The second kappa shape index (κ2) is 14.0. The van der Waals surface area contributed by atoms with E-state index in [0.717, 1.165) is 23.1 Å². The lowest BCUT2D eigenvalue weighted by molar-refractivity contribution is -0.139. The summed E-state index contributed by atoms with van der Waals surface area (Å²) >= 11 is 7.89. The number of thioether (sulfide) groups is 1. The largest absolute Gasteiger partial charge is 0.352 e. The predicted octanol–water partition coefficient (Wildman–Crippen LogP) is 6.27. The molecule has 3 aromatic carbocycles. The van der Waals surface area contributed by atoms with E-state index in [1.165, 1.54) is 23.9 Å². The van der Waals surface area contributed by atoms with E-state index >= 15 is 0 Å². The molecular formula is C29H32ClFN2O2S. The Bertz CT molecular complexity index is 1130. The predicted molar refractivity (Wildman–Crippen MR) is 146 cm³/mol. The molecule has 0 unspecified atom stereocenters. The Morgan fingerprint density at radius 1 is 0.972 bits per heavy atom. The van der Waals surface area contributed by atoms with Gasteiger partial charge < -0.3 is 10.2 Å². The monoisotopic (exact) mass is 526 g/mol. The number of rotatable bonds is 12. The number of carbonyl (C=O) groups is 2. The van der Waals surface area contributed by atoms with Crippen molar-refractivity contribution in [3.8, 4) is 0 Å². The zero-order valence-electron chi connectivity index (χ0n) is 20.6. The lowest BCUT2D eigenvalue weighted by Crippen LogP contribution is -2.52. The van der Waals surface area contributed by atoms with E-state index in [1.807, 2.05) is 62.4 Å². The summed E-state index contributed by atoms with van der Waals surface area (Å²) in [6.45, 7) is 4.19. The summed E-state index contributed by atoms with van der Waals surface area (Å²) in [4.78, 5) is 28.7. The number of nitrogens with zero attached hydrogens (tertiary/aromatic N) is 1. The quantitative estimate of drug-likeness (QED) is 0.303. The zero-order valence-corrected chi connectivity index (χ0v) is 22.2. The minimum atomic E-state index is -0.698. The van der Waals surface area contributed by atoms with Crippen molar-refractivity contribution in [1.82, 2.24) is 10.2 Å². The van der Waals surface area contributed by atoms with Crippen LogP contribution < -0.4 is 5.32 Å². The molecule has 1 N–H and O–H groups in total. The third-order valence-electron chi connectivity index (χ3n) is 5.98. The second-order valence-electron chi connectivity index (χ2n) is 8.76. The topological polar surface area (TPSA) is 49.4 Å². The third-order valence-corrected chi connectivity index (χ3v) is 7.34. The summed E-state index contributed by atoms with van der Waals surface area (Å²) in [7, 11) is 0. The number of hydrogen-bond donors (Lipinski definition) is 1. The maximum Gasteiger partial charge on any atom is 0.243 e. The smallest absolute Gasteiger partial charge is 0.243 e. The Morgan fingerprint density at radius 3 is 2.31 bits per heavy atom. The highest BCUT2D eigenvalue weighted by molar-refractivity contribution is 7.99. The van der Waals surface area contributed by atoms with Gasteiger partial charge in [0, 0.05) is 29.8 Å². The number of halogens is 2. The summed E-state index contributed by atoms with van der Waals surface area (Å²) in [5.74, 6) is 0.124. The maximum atomic E-state index is 13.6. The lowest BCUT2D eigenvalue weighted by Gasteiger charge is -2.32. The molecule has 0 heterocycles. The van der Waals surface area contributed by atoms with Crippen molar-refractivity contribution in [2.24, 2.45) is 0 Å². The number of carbonyl (C=O) groups excluding carboxylic acids is 2. The summed E-state index contributed by atoms with van der Waals surface area (Å²) < 4.78 is 13.2. The summed E-state index contributed by atoms with van der Waals surface area (Å²) in [5.41, 5.74) is 2.69. The highest BCUT2D eigenvalue weighted by atomic mass is 35.5. The molecule has 2 atom stereocenters. The van der Waals surface area contributed by atoms with E-state index < -0.39 is 6.04 Å². The molecule has 0 saturated heterocycles. The first kappa shape index (κ1) is 27.8. The SMILES string of the molecule is CC[C@@H](C)NC(=O)[C@@H](Cc1ccccc1)N(Cc1ccccc1Cl)C(=O)CSCc1ccc(F)cc1. The van der Waals surface area contributed by atoms with Crippen LogP contribution in [0, 0.1) is 5.82 Å². The second-order valence-corrected chi connectivity index (χ2v) is 10.1. The Morgan fingerprint density at radius 2 is 1.64 bits per heavy atom. The van der Waals surface area contributed by atoms with Crippen LogP contribution in [-0.2, 0) is 28.3 Å². The van der Waals surface area contributed by atoms with Gasteiger partial charge in [-0.25, -0.2) is 4.39 Å². The van der Waals surface area contributed by atoms with Crippen molar-refractivity contribution in [2.45, 2.75) is 51.1 Å². The number of amides is 2. The fourth-order valence-corrected chi connectivity index (χ4v) is 4.79. The van der Waals surface area contributed by atoms with Crippen LogP contribution >= 0.6 is 23.4 Å². The molecule has 0 aromatic heterocycles. The molecule has 7 heteroatoms. The lowest BCUT2D eigenvalue weighted by atomic mass is 10.0. The standard InChI is InChI=1S/C29H32ClFN2O2S/c1-3-21(2)32-29(35)27(17-22-9-5-4-6-10-22)33(18-24-11-7-8-12-26(24)30)28(34)20-36-19-23-13-15-25(31)16-14-23/h4-16,21,27H,3,17-20H2,1-2H3,(H,32,35)/t21-,27-/m1/s1. The molecule has 3 rings (SSSR count). The van der Waals surface area contributed by atoms with Crippen LogP contribution in [0.25, 0.3) is 0 Å². The van der Waals surface area contributed by atoms with Crippen molar-refractivity contribution in [3.05, 3.63) is 106 Å². The van der Waals surface area contributed by atoms with Gasteiger partial charge in [0.2, 0.25) is 11.8 Å². The van der Waals surface area contributed by atoms with Gasteiger partial charge >= 0.3 is 0 Å². The van der Waals surface area contributed by atoms with Gasteiger partial charge in [-0.1, -0.05) is 79.2 Å². The van der Waals surface area contributed by atoms with Crippen molar-refractivity contribution in [2.75, 3.05) is 5.75 Å². The minimum Gasteiger partial charge on any atom is -0.352 e. The van der Waals surface area contributed by atoms with Crippen LogP contribution in [0.15, 0.2) is 78.9 Å². The van der Waals surface area contributed by atoms with Crippen molar-refractivity contribution >= 4 is 35.2 Å². The van der Waals surface area contributed by atoms with Crippen LogP contribution in [0.4, 0.5) is 4.39 Å². The molecule has 0 fully saturated rings.